The molecule has 0 aliphatic heterocycles. The van der Waals surface area contributed by atoms with Crippen LogP contribution in [0.4, 0.5) is 0 Å². The molecule has 2 saturated carbocycles. The number of halogens is 2. The Morgan fingerprint density at radius 3 is 2.29 bits per heavy atom. The van der Waals surface area contributed by atoms with E-state index in [4.69, 9.17) is 23.2 Å². The van der Waals surface area contributed by atoms with Gasteiger partial charge in [0.25, 0.3) is 0 Å². The number of likely N-dealkylation sites (N-methyl/N-ethyl adjacent to an activating group) is 1. The van der Waals surface area contributed by atoms with Gasteiger partial charge in [-0.05, 0) is 56.3 Å². The first-order valence-electron chi connectivity index (χ1n) is 8.30. The molecule has 1 atom stereocenters. The monoisotopic (exact) mass is 325 g/mol. The summed E-state index contributed by atoms with van der Waals surface area (Å²) in [5.74, 6) is 0.804. The van der Waals surface area contributed by atoms with Crippen molar-refractivity contribution in [1.82, 2.24) is 5.32 Å². The number of benzene rings is 1. The standard InChI is InChI=1S/C18H25Cl2N/c1-21-17(13-6-3-2-4-7-13)18(10-5-11-18)14-8-9-15(19)16(20)12-14/h8-9,12-13,17,21H,2-7,10-11H2,1H3. The largest absolute Gasteiger partial charge is 0.316 e. The van der Waals surface area contributed by atoms with Crippen LogP contribution in [0.25, 0.3) is 0 Å². The van der Waals surface area contributed by atoms with E-state index in [-0.39, 0.29) is 5.41 Å². The summed E-state index contributed by atoms with van der Waals surface area (Å²) in [4.78, 5) is 0. The third-order valence-electron chi connectivity index (χ3n) is 5.77. The fourth-order valence-electron chi connectivity index (χ4n) is 4.57. The average Bonchev–Trinajstić information content (AvgIpc) is 2.47. The minimum Gasteiger partial charge on any atom is -0.316 e. The van der Waals surface area contributed by atoms with Crippen LogP contribution in [0.1, 0.15) is 56.9 Å². The molecule has 1 unspecified atom stereocenters. The van der Waals surface area contributed by atoms with Crippen molar-refractivity contribution in [2.75, 3.05) is 7.05 Å². The Morgan fingerprint density at radius 1 is 1.05 bits per heavy atom. The number of rotatable bonds is 4. The zero-order valence-corrected chi connectivity index (χ0v) is 14.3. The highest BCUT2D eigenvalue weighted by Crippen LogP contribution is 2.51. The van der Waals surface area contributed by atoms with Gasteiger partial charge in [0.15, 0.2) is 0 Å². The molecule has 0 saturated heterocycles. The molecule has 3 heteroatoms. The van der Waals surface area contributed by atoms with E-state index in [2.05, 4.69) is 24.5 Å². The molecular weight excluding hydrogens is 301 g/mol. The predicted molar refractivity (Wildman–Crippen MR) is 91.4 cm³/mol. The van der Waals surface area contributed by atoms with E-state index in [1.54, 1.807) is 0 Å². The average molecular weight is 326 g/mol. The summed E-state index contributed by atoms with van der Waals surface area (Å²) in [6.07, 6.45) is 10.8. The van der Waals surface area contributed by atoms with Gasteiger partial charge in [0.2, 0.25) is 0 Å². The van der Waals surface area contributed by atoms with Crippen molar-refractivity contribution in [3.05, 3.63) is 33.8 Å². The van der Waals surface area contributed by atoms with E-state index in [1.807, 2.05) is 6.07 Å². The molecule has 0 heterocycles. The lowest BCUT2D eigenvalue weighted by Gasteiger charge is -2.52. The summed E-state index contributed by atoms with van der Waals surface area (Å²) in [5, 5.41) is 5.03. The summed E-state index contributed by atoms with van der Waals surface area (Å²) in [7, 11) is 2.14. The minimum absolute atomic E-state index is 0.269. The molecule has 2 aliphatic carbocycles. The van der Waals surface area contributed by atoms with Gasteiger partial charge in [-0.3, -0.25) is 0 Å². The predicted octanol–water partition coefficient (Wildman–Crippen LogP) is 5.58. The van der Waals surface area contributed by atoms with Crippen molar-refractivity contribution in [2.24, 2.45) is 5.92 Å². The van der Waals surface area contributed by atoms with Crippen LogP contribution in [-0.2, 0) is 5.41 Å². The maximum Gasteiger partial charge on any atom is 0.0595 e. The van der Waals surface area contributed by atoms with E-state index < -0.39 is 0 Å². The van der Waals surface area contributed by atoms with Crippen LogP contribution in [0.5, 0.6) is 0 Å². The number of hydrogen-bond donors (Lipinski definition) is 1. The molecule has 116 valence electrons. The normalized spacial score (nSPS) is 23.6. The fourth-order valence-corrected chi connectivity index (χ4v) is 4.87. The van der Waals surface area contributed by atoms with Crippen molar-refractivity contribution < 1.29 is 0 Å². The molecular formula is C18H25Cl2N. The van der Waals surface area contributed by atoms with E-state index in [0.29, 0.717) is 16.1 Å². The first kappa shape index (κ1) is 15.6. The molecule has 0 amide bonds. The van der Waals surface area contributed by atoms with Gasteiger partial charge in [-0.1, -0.05) is 55.0 Å². The molecule has 21 heavy (non-hydrogen) atoms. The molecule has 0 radical (unpaired) electrons. The van der Waals surface area contributed by atoms with Crippen LogP contribution in [0.3, 0.4) is 0 Å². The van der Waals surface area contributed by atoms with Gasteiger partial charge in [-0.15, -0.1) is 0 Å². The molecule has 1 aromatic carbocycles. The highest BCUT2D eigenvalue weighted by molar-refractivity contribution is 6.42. The Morgan fingerprint density at radius 2 is 1.76 bits per heavy atom. The molecule has 1 nitrogen and oxygen atoms in total. The van der Waals surface area contributed by atoms with Gasteiger partial charge in [0.05, 0.1) is 10.0 Å². The molecule has 1 aromatic rings. The minimum atomic E-state index is 0.269. The van der Waals surface area contributed by atoms with E-state index in [1.165, 1.54) is 56.9 Å². The Balaban J connectivity index is 1.91. The molecule has 0 spiro atoms. The van der Waals surface area contributed by atoms with Crippen molar-refractivity contribution >= 4 is 23.2 Å². The van der Waals surface area contributed by atoms with Crippen molar-refractivity contribution in [1.29, 1.82) is 0 Å². The third kappa shape index (κ3) is 2.85. The summed E-state index contributed by atoms with van der Waals surface area (Å²) < 4.78 is 0. The highest BCUT2D eigenvalue weighted by atomic mass is 35.5. The third-order valence-corrected chi connectivity index (χ3v) is 6.51. The van der Waals surface area contributed by atoms with Crippen molar-refractivity contribution in [3.8, 4) is 0 Å². The first-order valence-corrected chi connectivity index (χ1v) is 9.06. The van der Waals surface area contributed by atoms with Crippen LogP contribution in [-0.4, -0.2) is 13.1 Å². The Bertz CT molecular complexity index is 490. The number of hydrogen-bond acceptors (Lipinski definition) is 1. The molecule has 1 N–H and O–H groups in total. The highest BCUT2D eigenvalue weighted by Gasteiger charge is 2.47. The Labute approximate surface area is 138 Å². The lowest BCUT2D eigenvalue weighted by molar-refractivity contribution is 0.111. The summed E-state index contributed by atoms with van der Waals surface area (Å²) in [5.41, 5.74) is 1.65. The van der Waals surface area contributed by atoms with Gasteiger partial charge >= 0.3 is 0 Å². The fraction of sp³-hybridized carbons (Fsp3) is 0.667. The zero-order valence-electron chi connectivity index (χ0n) is 12.8. The quantitative estimate of drug-likeness (QED) is 0.761. The second-order valence-electron chi connectivity index (χ2n) is 6.80. The van der Waals surface area contributed by atoms with Crippen LogP contribution in [0, 0.1) is 5.92 Å². The number of nitrogens with one attached hydrogen (secondary N) is 1. The van der Waals surface area contributed by atoms with Crippen LogP contribution >= 0.6 is 23.2 Å². The molecule has 2 aliphatic rings. The molecule has 2 fully saturated rings. The van der Waals surface area contributed by atoms with E-state index >= 15 is 0 Å². The van der Waals surface area contributed by atoms with Crippen molar-refractivity contribution in [2.45, 2.75) is 62.8 Å². The van der Waals surface area contributed by atoms with Gasteiger partial charge in [0.1, 0.15) is 0 Å². The van der Waals surface area contributed by atoms with E-state index in [0.717, 1.165) is 5.92 Å². The molecule has 3 rings (SSSR count). The van der Waals surface area contributed by atoms with Gasteiger partial charge in [0, 0.05) is 11.5 Å². The smallest absolute Gasteiger partial charge is 0.0595 e. The topological polar surface area (TPSA) is 12.0 Å². The van der Waals surface area contributed by atoms with Gasteiger partial charge in [-0.2, -0.15) is 0 Å². The van der Waals surface area contributed by atoms with Crippen LogP contribution < -0.4 is 5.32 Å². The van der Waals surface area contributed by atoms with E-state index in [9.17, 15) is 0 Å². The van der Waals surface area contributed by atoms with Crippen LogP contribution in [0.2, 0.25) is 10.0 Å². The second-order valence-corrected chi connectivity index (χ2v) is 7.62. The zero-order chi connectivity index (χ0) is 14.9. The Hall–Kier alpha value is -0.240. The summed E-state index contributed by atoms with van der Waals surface area (Å²) in [6, 6.07) is 6.84. The lowest BCUT2D eigenvalue weighted by atomic mass is 9.56. The van der Waals surface area contributed by atoms with Gasteiger partial charge < -0.3 is 5.32 Å². The SMILES string of the molecule is CNC(C1CCCCC1)C1(c2ccc(Cl)c(Cl)c2)CCC1. The molecule has 0 aromatic heterocycles. The summed E-state index contributed by atoms with van der Waals surface area (Å²) in [6.45, 7) is 0. The second kappa shape index (κ2) is 6.48. The summed E-state index contributed by atoms with van der Waals surface area (Å²) >= 11 is 12.4. The van der Waals surface area contributed by atoms with Crippen molar-refractivity contribution in [3.63, 3.8) is 0 Å². The molecule has 0 bridgehead atoms. The lowest BCUT2D eigenvalue weighted by Crippen LogP contribution is -2.55. The first-order chi connectivity index (χ1) is 10.2. The van der Waals surface area contributed by atoms with Crippen LogP contribution in [0.15, 0.2) is 18.2 Å². The van der Waals surface area contributed by atoms with Gasteiger partial charge in [-0.25, -0.2) is 0 Å². The maximum atomic E-state index is 6.28. The maximum absolute atomic E-state index is 6.28. The Kier molecular flexibility index (Phi) is 4.83.